The Balaban J connectivity index is 1.31. The van der Waals surface area contributed by atoms with Crippen LogP contribution in [0, 0.1) is 17.6 Å². The summed E-state index contributed by atoms with van der Waals surface area (Å²) < 4.78 is 46.3. The van der Waals surface area contributed by atoms with Crippen LogP contribution in [0.2, 0.25) is 0 Å². The SMILES string of the molecule is COc1ccc(OC)c(CC[N+]23CCC(CC2)C(OC(=O)N(Cc2ccc(F)cc2)c2ccccc2F)C3)c1. The molecule has 0 spiro atoms. The van der Waals surface area contributed by atoms with Gasteiger partial charge in [-0.25, -0.2) is 13.6 Å². The summed E-state index contributed by atoms with van der Waals surface area (Å²) in [5, 5.41) is 0. The number of carbonyl (C=O) groups excluding carboxylic acids is 1. The van der Waals surface area contributed by atoms with Gasteiger partial charge in [0, 0.05) is 30.7 Å². The second kappa shape index (κ2) is 11.6. The molecule has 8 heteroatoms. The van der Waals surface area contributed by atoms with E-state index in [4.69, 9.17) is 14.2 Å². The molecular formula is C31H35F2N2O4+. The molecular weight excluding hydrogens is 502 g/mol. The molecule has 0 radical (unpaired) electrons. The predicted molar refractivity (Wildman–Crippen MR) is 145 cm³/mol. The number of quaternary nitrogens is 1. The number of hydrogen-bond donors (Lipinski definition) is 0. The van der Waals surface area contributed by atoms with E-state index in [2.05, 4.69) is 0 Å². The molecule has 6 nitrogen and oxygen atoms in total. The first kappa shape index (κ1) is 26.9. The molecule has 3 fully saturated rings. The quantitative estimate of drug-likeness (QED) is 0.315. The van der Waals surface area contributed by atoms with Crippen molar-refractivity contribution in [2.45, 2.75) is 31.9 Å². The summed E-state index contributed by atoms with van der Waals surface area (Å²) in [6, 6.07) is 17.8. The molecule has 0 aromatic heterocycles. The number of para-hydroxylation sites is 1. The van der Waals surface area contributed by atoms with Crippen LogP contribution in [0.5, 0.6) is 11.5 Å². The Kier molecular flexibility index (Phi) is 8.02. The van der Waals surface area contributed by atoms with Crippen LogP contribution in [0.3, 0.4) is 0 Å². The van der Waals surface area contributed by atoms with Crippen LogP contribution < -0.4 is 14.4 Å². The lowest BCUT2D eigenvalue weighted by Gasteiger charge is -2.52. The van der Waals surface area contributed by atoms with E-state index in [1.54, 1.807) is 44.6 Å². The van der Waals surface area contributed by atoms with Gasteiger partial charge in [-0.2, -0.15) is 0 Å². The molecule has 3 heterocycles. The number of carbonyl (C=O) groups is 1. The number of methoxy groups -OCH3 is 2. The summed E-state index contributed by atoms with van der Waals surface area (Å²) in [5.74, 6) is 1.04. The Morgan fingerprint density at radius 2 is 1.72 bits per heavy atom. The van der Waals surface area contributed by atoms with Crippen LogP contribution in [-0.4, -0.2) is 57.1 Å². The second-order valence-electron chi connectivity index (χ2n) is 10.5. The highest BCUT2D eigenvalue weighted by Crippen LogP contribution is 2.37. The van der Waals surface area contributed by atoms with Gasteiger partial charge >= 0.3 is 6.09 Å². The molecule has 39 heavy (non-hydrogen) atoms. The number of hydrogen-bond acceptors (Lipinski definition) is 4. The number of nitrogens with zero attached hydrogens (tertiary/aromatic N) is 2. The van der Waals surface area contributed by atoms with Gasteiger partial charge in [0.1, 0.15) is 29.7 Å². The number of amides is 1. The Bertz CT molecular complexity index is 1290. The first-order valence-electron chi connectivity index (χ1n) is 13.4. The molecule has 3 saturated heterocycles. The third kappa shape index (κ3) is 6.01. The van der Waals surface area contributed by atoms with Crippen molar-refractivity contribution in [2.75, 3.05) is 45.3 Å². The molecule has 1 amide bonds. The molecule has 6 rings (SSSR count). The topological polar surface area (TPSA) is 48.0 Å². The summed E-state index contributed by atoms with van der Waals surface area (Å²) in [7, 11) is 3.33. The van der Waals surface area contributed by atoms with Crippen molar-refractivity contribution in [3.8, 4) is 11.5 Å². The van der Waals surface area contributed by atoms with Crippen molar-refractivity contribution in [3.05, 3.63) is 89.5 Å². The third-order valence-electron chi connectivity index (χ3n) is 8.25. The van der Waals surface area contributed by atoms with Gasteiger partial charge < -0.3 is 18.7 Å². The third-order valence-corrected chi connectivity index (χ3v) is 8.25. The van der Waals surface area contributed by atoms with Gasteiger partial charge in [-0.05, 0) is 48.0 Å². The van der Waals surface area contributed by atoms with E-state index in [0.717, 1.165) is 67.0 Å². The number of halogens is 2. The van der Waals surface area contributed by atoms with Crippen molar-refractivity contribution < 1.29 is 32.3 Å². The van der Waals surface area contributed by atoms with Gasteiger partial charge in [0.25, 0.3) is 0 Å². The Morgan fingerprint density at radius 1 is 0.974 bits per heavy atom. The molecule has 3 aliphatic rings. The highest BCUT2D eigenvalue weighted by atomic mass is 19.1. The molecule has 0 saturated carbocycles. The van der Waals surface area contributed by atoms with E-state index in [1.807, 2.05) is 18.2 Å². The molecule has 0 N–H and O–H groups in total. The maximum Gasteiger partial charge on any atom is 0.415 e. The van der Waals surface area contributed by atoms with Gasteiger partial charge in [0.15, 0.2) is 6.10 Å². The highest BCUT2D eigenvalue weighted by molar-refractivity contribution is 5.87. The number of anilines is 1. The standard InChI is InChI=1S/C31H35F2N2O4/c1-37-26-11-12-29(38-2)24(19-26)15-18-35-16-13-23(14-17-35)30(21-35)39-31(36)34(28-6-4-3-5-27(28)33)20-22-7-9-25(32)10-8-22/h3-12,19,23,30H,13-18,20-21H2,1-2H3/q+1. The molecule has 1 atom stereocenters. The second-order valence-corrected chi connectivity index (χ2v) is 10.5. The smallest absolute Gasteiger partial charge is 0.415 e. The van der Waals surface area contributed by atoms with E-state index in [-0.39, 0.29) is 30.1 Å². The van der Waals surface area contributed by atoms with Gasteiger partial charge in [-0.15, -0.1) is 0 Å². The number of fused-ring (bicyclic) bond motifs is 3. The number of rotatable bonds is 9. The minimum atomic E-state index is -0.587. The first-order chi connectivity index (χ1) is 18.9. The van der Waals surface area contributed by atoms with Gasteiger partial charge in [-0.3, -0.25) is 4.90 Å². The lowest BCUT2D eigenvalue weighted by atomic mass is 9.83. The Morgan fingerprint density at radius 3 is 2.41 bits per heavy atom. The summed E-state index contributed by atoms with van der Waals surface area (Å²) in [5.41, 5.74) is 1.92. The van der Waals surface area contributed by atoms with Crippen molar-refractivity contribution >= 4 is 11.8 Å². The van der Waals surface area contributed by atoms with E-state index >= 15 is 0 Å². The average molecular weight is 538 g/mol. The van der Waals surface area contributed by atoms with E-state index in [1.165, 1.54) is 23.1 Å². The number of benzene rings is 3. The zero-order valence-corrected chi connectivity index (χ0v) is 22.4. The van der Waals surface area contributed by atoms with Crippen LogP contribution in [0.1, 0.15) is 24.0 Å². The predicted octanol–water partition coefficient (Wildman–Crippen LogP) is 5.98. The summed E-state index contributed by atoms with van der Waals surface area (Å²) in [6.07, 6.45) is 1.93. The first-order valence-corrected chi connectivity index (χ1v) is 13.4. The maximum absolute atomic E-state index is 14.8. The van der Waals surface area contributed by atoms with Crippen LogP contribution in [0.4, 0.5) is 19.3 Å². The fourth-order valence-electron chi connectivity index (χ4n) is 5.99. The van der Waals surface area contributed by atoms with Crippen LogP contribution in [0.15, 0.2) is 66.7 Å². The largest absolute Gasteiger partial charge is 0.497 e. The van der Waals surface area contributed by atoms with Crippen molar-refractivity contribution in [1.82, 2.24) is 0 Å². The molecule has 0 aliphatic carbocycles. The van der Waals surface area contributed by atoms with Crippen molar-refractivity contribution in [1.29, 1.82) is 0 Å². The average Bonchev–Trinajstić information content (AvgIpc) is 2.96. The van der Waals surface area contributed by atoms with Crippen molar-refractivity contribution in [2.24, 2.45) is 5.92 Å². The fourth-order valence-corrected chi connectivity index (χ4v) is 5.99. The Labute approximate surface area is 228 Å². The lowest BCUT2D eigenvalue weighted by Crippen LogP contribution is -2.65. The fraction of sp³-hybridized carbons (Fsp3) is 0.387. The lowest BCUT2D eigenvalue weighted by molar-refractivity contribution is -0.945. The molecule has 3 aliphatic heterocycles. The van der Waals surface area contributed by atoms with Crippen LogP contribution in [-0.2, 0) is 17.7 Å². The molecule has 2 bridgehead atoms. The van der Waals surface area contributed by atoms with Crippen LogP contribution in [0.25, 0.3) is 0 Å². The van der Waals surface area contributed by atoms with Gasteiger partial charge in [-0.1, -0.05) is 24.3 Å². The molecule has 1 unspecified atom stereocenters. The maximum atomic E-state index is 14.8. The minimum Gasteiger partial charge on any atom is -0.497 e. The highest BCUT2D eigenvalue weighted by Gasteiger charge is 2.48. The normalized spacial score (nSPS) is 21.8. The molecule has 3 aromatic rings. The summed E-state index contributed by atoms with van der Waals surface area (Å²) >= 11 is 0. The van der Waals surface area contributed by atoms with E-state index < -0.39 is 11.9 Å². The number of ether oxygens (including phenoxy) is 3. The monoisotopic (exact) mass is 537 g/mol. The van der Waals surface area contributed by atoms with Crippen LogP contribution >= 0.6 is 0 Å². The Hall–Kier alpha value is -3.65. The van der Waals surface area contributed by atoms with E-state index in [9.17, 15) is 13.6 Å². The number of piperidine rings is 3. The zero-order chi connectivity index (χ0) is 27.4. The van der Waals surface area contributed by atoms with E-state index in [0.29, 0.717) is 5.56 Å². The molecule has 206 valence electrons. The van der Waals surface area contributed by atoms with Gasteiger partial charge in [0.2, 0.25) is 0 Å². The minimum absolute atomic E-state index is 0.0765. The van der Waals surface area contributed by atoms with Gasteiger partial charge in [0.05, 0.1) is 46.1 Å². The summed E-state index contributed by atoms with van der Waals surface area (Å²) in [6.45, 7) is 3.78. The molecule has 3 aromatic carbocycles. The zero-order valence-electron chi connectivity index (χ0n) is 22.4. The van der Waals surface area contributed by atoms with Crippen molar-refractivity contribution in [3.63, 3.8) is 0 Å². The summed E-state index contributed by atoms with van der Waals surface area (Å²) in [4.78, 5) is 14.9.